The Morgan fingerprint density at radius 2 is 1.67 bits per heavy atom. The van der Waals surface area contributed by atoms with Crippen LogP contribution in [0.1, 0.15) is 21.5 Å². The average Bonchev–Trinajstić information content (AvgIpc) is 2.58. The van der Waals surface area contributed by atoms with Crippen molar-refractivity contribution < 1.29 is 19.4 Å². The Labute approximate surface area is 140 Å². The molecule has 0 bridgehead atoms. The molecule has 0 fully saturated rings. The van der Waals surface area contributed by atoms with E-state index in [1.807, 2.05) is 50.2 Å². The van der Waals surface area contributed by atoms with Crippen LogP contribution < -0.4 is 9.47 Å². The topological polar surface area (TPSA) is 55.8 Å². The summed E-state index contributed by atoms with van der Waals surface area (Å²) >= 11 is 0. The van der Waals surface area contributed by atoms with Crippen LogP contribution in [0.4, 0.5) is 0 Å². The van der Waals surface area contributed by atoms with Crippen molar-refractivity contribution >= 4 is 16.7 Å². The summed E-state index contributed by atoms with van der Waals surface area (Å²) < 4.78 is 11.3. The minimum Gasteiger partial charge on any atom is -0.496 e. The Morgan fingerprint density at radius 3 is 2.38 bits per heavy atom. The maximum absolute atomic E-state index is 11.4. The van der Waals surface area contributed by atoms with E-state index in [1.54, 1.807) is 12.1 Å². The maximum atomic E-state index is 11.4. The van der Waals surface area contributed by atoms with E-state index in [2.05, 4.69) is 0 Å². The number of carboxylic acid groups (broad SMARTS) is 1. The van der Waals surface area contributed by atoms with Crippen LogP contribution in [0.2, 0.25) is 0 Å². The molecule has 0 unspecified atom stereocenters. The van der Waals surface area contributed by atoms with Crippen molar-refractivity contribution in [2.75, 3.05) is 7.11 Å². The molecule has 0 aliphatic rings. The molecular formula is C20H18O4. The van der Waals surface area contributed by atoms with E-state index in [9.17, 15) is 9.90 Å². The molecule has 0 heterocycles. The van der Waals surface area contributed by atoms with Crippen molar-refractivity contribution in [1.29, 1.82) is 0 Å². The fourth-order valence-corrected chi connectivity index (χ4v) is 2.66. The van der Waals surface area contributed by atoms with Crippen LogP contribution in [0.15, 0.2) is 48.5 Å². The van der Waals surface area contributed by atoms with E-state index < -0.39 is 5.97 Å². The largest absolute Gasteiger partial charge is 0.496 e. The van der Waals surface area contributed by atoms with E-state index in [1.165, 1.54) is 7.11 Å². The van der Waals surface area contributed by atoms with E-state index in [0.29, 0.717) is 11.5 Å². The fraction of sp³-hybridized carbons (Fsp3) is 0.150. The van der Waals surface area contributed by atoms with E-state index >= 15 is 0 Å². The summed E-state index contributed by atoms with van der Waals surface area (Å²) in [6.45, 7) is 4.05. The van der Waals surface area contributed by atoms with Crippen molar-refractivity contribution in [3.05, 3.63) is 65.2 Å². The lowest BCUT2D eigenvalue weighted by Crippen LogP contribution is -2.00. The number of fused-ring (bicyclic) bond motifs is 1. The highest BCUT2D eigenvalue weighted by Crippen LogP contribution is 2.35. The highest BCUT2D eigenvalue weighted by molar-refractivity contribution is 5.99. The van der Waals surface area contributed by atoms with Gasteiger partial charge in [0.1, 0.15) is 22.8 Å². The average molecular weight is 322 g/mol. The lowest BCUT2D eigenvalue weighted by atomic mass is 10.0. The van der Waals surface area contributed by atoms with Gasteiger partial charge in [0.25, 0.3) is 0 Å². The molecule has 0 amide bonds. The zero-order valence-corrected chi connectivity index (χ0v) is 13.8. The molecule has 0 spiro atoms. The highest BCUT2D eigenvalue weighted by Gasteiger charge is 2.15. The van der Waals surface area contributed by atoms with Crippen LogP contribution in [0.5, 0.6) is 17.2 Å². The first-order valence-electron chi connectivity index (χ1n) is 7.59. The van der Waals surface area contributed by atoms with Gasteiger partial charge in [0, 0.05) is 5.39 Å². The van der Waals surface area contributed by atoms with Crippen LogP contribution in [0.25, 0.3) is 10.8 Å². The van der Waals surface area contributed by atoms with Gasteiger partial charge < -0.3 is 14.6 Å². The Bertz CT molecular complexity index is 928. The number of carbonyl (C=O) groups is 1. The molecule has 24 heavy (non-hydrogen) atoms. The van der Waals surface area contributed by atoms with E-state index in [-0.39, 0.29) is 5.56 Å². The first-order chi connectivity index (χ1) is 11.5. The van der Waals surface area contributed by atoms with Crippen LogP contribution in [0, 0.1) is 13.8 Å². The van der Waals surface area contributed by atoms with E-state index in [4.69, 9.17) is 9.47 Å². The van der Waals surface area contributed by atoms with Gasteiger partial charge in [-0.05, 0) is 54.6 Å². The Hall–Kier alpha value is -3.01. The minimum absolute atomic E-state index is 0.133. The molecule has 0 aliphatic heterocycles. The Balaban J connectivity index is 2.15. The lowest BCUT2D eigenvalue weighted by Gasteiger charge is -2.14. The summed E-state index contributed by atoms with van der Waals surface area (Å²) in [5.74, 6) is 0.738. The highest BCUT2D eigenvalue weighted by atomic mass is 16.5. The number of rotatable bonds is 4. The minimum atomic E-state index is -1.02. The van der Waals surface area contributed by atoms with Gasteiger partial charge >= 0.3 is 5.97 Å². The van der Waals surface area contributed by atoms with Crippen LogP contribution in [-0.2, 0) is 0 Å². The smallest absolute Gasteiger partial charge is 0.339 e. The molecule has 1 N–H and O–H groups in total. The second kappa shape index (κ2) is 6.24. The molecule has 4 heteroatoms. The third kappa shape index (κ3) is 2.78. The SMILES string of the molecule is COc1cc2c(Oc3cccc(C)c3C)cccc2cc1C(=O)O. The molecule has 4 nitrogen and oxygen atoms in total. The monoisotopic (exact) mass is 322 g/mol. The Kier molecular flexibility index (Phi) is 4.13. The first-order valence-corrected chi connectivity index (χ1v) is 7.59. The zero-order chi connectivity index (χ0) is 17.3. The third-order valence-corrected chi connectivity index (χ3v) is 4.17. The summed E-state index contributed by atoms with van der Waals surface area (Å²) in [5, 5.41) is 10.9. The van der Waals surface area contributed by atoms with E-state index in [0.717, 1.165) is 27.6 Å². The summed E-state index contributed by atoms with van der Waals surface area (Å²) in [6.07, 6.45) is 0. The number of hydrogen-bond acceptors (Lipinski definition) is 3. The third-order valence-electron chi connectivity index (χ3n) is 4.17. The molecule has 3 rings (SSSR count). The molecule has 122 valence electrons. The second-order valence-corrected chi connectivity index (χ2v) is 5.64. The predicted molar refractivity (Wildman–Crippen MR) is 93.4 cm³/mol. The molecule has 0 saturated heterocycles. The molecule has 0 aromatic heterocycles. The molecular weight excluding hydrogens is 304 g/mol. The summed E-state index contributed by atoms with van der Waals surface area (Å²) in [4.78, 5) is 11.4. The number of ether oxygens (including phenoxy) is 2. The van der Waals surface area contributed by atoms with Gasteiger partial charge in [0.2, 0.25) is 0 Å². The van der Waals surface area contributed by atoms with Gasteiger partial charge in [0.15, 0.2) is 0 Å². The van der Waals surface area contributed by atoms with Gasteiger partial charge in [-0.15, -0.1) is 0 Å². The van der Waals surface area contributed by atoms with Gasteiger partial charge in [-0.1, -0.05) is 24.3 Å². The van der Waals surface area contributed by atoms with Crippen LogP contribution >= 0.6 is 0 Å². The molecule has 0 radical (unpaired) electrons. The summed E-state index contributed by atoms with van der Waals surface area (Å²) in [7, 11) is 1.46. The number of aromatic carboxylic acids is 1. The predicted octanol–water partition coefficient (Wildman–Crippen LogP) is 4.96. The van der Waals surface area contributed by atoms with Crippen molar-refractivity contribution in [2.45, 2.75) is 13.8 Å². The van der Waals surface area contributed by atoms with Crippen LogP contribution in [-0.4, -0.2) is 18.2 Å². The van der Waals surface area contributed by atoms with Crippen molar-refractivity contribution in [3.63, 3.8) is 0 Å². The van der Waals surface area contributed by atoms with Crippen molar-refractivity contribution in [1.82, 2.24) is 0 Å². The fourth-order valence-electron chi connectivity index (χ4n) is 2.66. The number of benzene rings is 3. The van der Waals surface area contributed by atoms with Gasteiger partial charge in [-0.25, -0.2) is 4.79 Å². The Morgan fingerprint density at radius 1 is 0.958 bits per heavy atom. The molecule has 3 aromatic carbocycles. The summed E-state index contributed by atoms with van der Waals surface area (Å²) in [5.41, 5.74) is 2.36. The number of carboxylic acids is 1. The zero-order valence-electron chi connectivity index (χ0n) is 13.8. The molecule has 3 aromatic rings. The second-order valence-electron chi connectivity index (χ2n) is 5.64. The standard InChI is InChI=1S/C20H18O4/c1-12-6-4-8-17(13(12)2)24-18-9-5-7-14-10-16(20(21)22)19(23-3)11-15(14)18/h4-11H,1-3H3,(H,21,22). The van der Waals surface area contributed by atoms with Crippen molar-refractivity contribution in [3.8, 4) is 17.2 Å². The van der Waals surface area contributed by atoms with Crippen LogP contribution in [0.3, 0.4) is 0 Å². The molecule has 0 saturated carbocycles. The summed E-state index contributed by atoms with van der Waals surface area (Å²) in [6, 6.07) is 14.8. The van der Waals surface area contributed by atoms with Crippen molar-refractivity contribution in [2.24, 2.45) is 0 Å². The lowest BCUT2D eigenvalue weighted by molar-refractivity contribution is 0.0693. The molecule has 0 aliphatic carbocycles. The maximum Gasteiger partial charge on any atom is 0.339 e. The quantitative estimate of drug-likeness (QED) is 0.738. The first kappa shape index (κ1) is 15.9. The van der Waals surface area contributed by atoms with Gasteiger partial charge in [0.05, 0.1) is 7.11 Å². The number of methoxy groups -OCH3 is 1. The normalized spacial score (nSPS) is 10.6. The van der Waals surface area contributed by atoms with Gasteiger partial charge in [-0.2, -0.15) is 0 Å². The molecule has 0 atom stereocenters. The van der Waals surface area contributed by atoms with Gasteiger partial charge in [-0.3, -0.25) is 0 Å². The number of hydrogen-bond donors (Lipinski definition) is 1. The number of aryl methyl sites for hydroxylation is 1.